The van der Waals surface area contributed by atoms with E-state index in [4.69, 9.17) is 4.74 Å². The number of carbonyl (C=O) groups is 2. The Morgan fingerprint density at radius 1 is 1.36 bits per heavy atom. The number of amides is 2. The molecule has 176 valence electrons. The lowest BCUT2D eigenvalue weighted by molar-refractivity contribution is -0.380. The van der Waals surface area contributed by atoms with E-state index in [1.165, 1.54) is 24.1 Å². The second kappa shape index (κ2) is 9.67. The van der Waals surface area contributed by atoms with Crippen LogP contribution in [0.25, 0.3) is 0 Å². The summed E-state index contributed by atoms with van der Waals surface area (Å²) in [6.45, 7) is 4.85. The molecule has 0 unspecified atom stereocenters. The normalized spacial score (nSPS) is 19.0. The molecule has 2 aromatic rings. The van der Waals surface area contributed by atoms with Gasteiger partial charge in [-0.15, -0.1) is 0 Å². The highest BCUT2D eigenvalue weighted by atomic mass is 32.1. The number of cyclic esters (lactones) is 1. The van der Waals surface area contributed by atoms with Gasteiger partial charge in [-0.3, -0.25) is 24.7 Å². The van der Waals surface area contributed by atoms with Crippen LogP contribution in [0.2, 0.25) is 0 Å². The fraction of sp³-hybridized carbons (Fsp3) is 0.450. The van der Waals surface area contributed by atoms with E-state index in [0.717, 1.165) is 11.3 Å². The summed E-state index contributed by atoms with van der Waals surface area (Å²) in [5.74, 6) is -0.650. The molecule has 0 saturated carbocycles. The molecule has 0 bridgehead atoms. The van der Waals surface area contributed by atoms with E-state index in [0.29, 0.717) is 49.1 Å². The molecule has 0 spiro atoms. The summed E-state index contributed by atoms with van der Waals surface area (Å²) < 4.78 is 20.2. The van der Waals surface area contributed by atoms with Crippen molar-refractivity contribution in [3.8, 4) is 0 Å². The summed E-state index contributed by atoms with van der Waals surface area (Å²) in [7, 11) is 0. The maximum absolute atomic E-state index is 14.9. The summed E-state index contributed by atoms with van der Waals surface area (Å²) in [5, 5.41) is 14.1. The molecule has 2 aliphatic rings. The summed E-state index contributed by atoms with van der Waals surface area (Å²) >= 11 is 1.06. The molecule has 2 saturated heterocycles. The van der Waals surface area contributed by atoms with Crippen LogP contribution in [0, 0.1) is 15.9 Å². The van der Waals surface area contributed by atoms with Crippen molar-refractivity contribution in [3.63, 3.8) is 0 Å². The fourth-order valence-corrected chi connectivity index (χ4v) is 4.59. The standard InChI is InChI=1S/C20H23FN6O5S/c1-13(28)22-9-15-11-26(20(29)32-15)14-2-3-17(16(21)8-14)25-6-4-24(5-7-25)12-18-23-10-19(33-18)27(30)31/h2-3,8,10,15H,4-7,9,11-12H2,1H3,(H,22,28)/t15-/m0/s1. The topological polar surface area (TPSA) is 121 Å². The first kappa shape index (κ1) is 22.9. The zero-order valence-corrected chi connectivity index (χ0v) is 18.7. The van der Waals surface area contributed by atoms with Crippen LogP contribution in [0.5, 0.6) is 0 Å². The van der Waals surface area contributed by atoms with Crippen molar-refractivity contribution in [2.45, 2.75) is 19.6 Å². The van der Waals surface area contributed by atoms with Gasteiger partial charge in [0, 0.05) is 33.1 Å². The van der Waals surface area contributed by atoms with E-state index >= 15 is 0 Å². The Morgan fingerprint density at radius 2 is 2.12 bits per heavy atom. The van der Waals surface area contributed by atoms with E-state index in [9.17, 15) is 24.1 Å². The van der Waals surface area contributed by atoms with Crippen molar-refractivity contribution < 1.29 is 23.6 Å². The first-order valence-electron chi connectivity index (χ1n) is 10.4. The van der Waals surface area contributed by atoms with E-state index in [1.54, 1.807) is 12.1 Å². The van der Waals surface area contributed by atoms with E-state index < -0.39 is 22.9 Å². The molecule has 1 N–H and O–H groups in total. The monoisotopic (exact) mass is 478 g/mol. The third-order valence-corrected chi connectivity index (χ3v) is 6.42. The quantitative estimate of drug-likeness (QED) is 0.474. The minimum atomic E-state index is -0.575. The maximum atomic E-state index is 14.9. The Hall–Kier alpha value is -3.32. The van der Waals surface area contributed by atoms with Gasteiger partial charge in [-0.1, -0.05) is 0 Å². The number of halogens is 1. The number of ether oxygens (including phenoxy) is 1. The molecule has 1 aromatic heterocycles. The third kappa shape index (κ3) is 5.37. The number of aromatic nitrogens is 1. The van der Waals surface area contributed by atoms with Crippen LogP contribution in [0.15, 0.2) is 24.4 Å². The zero-order valence-electron chi connectivity index (χ0n) is 17.9. The number of rotatable bonds is 7. The Bertz CT molecular complexity index is 1060. The third-order valence-electron chi connectivity index (χ3n) is 5.49. The maximum Gasteiger partial charge on any atom is 0.414 e. The molecule has 2 aliphatic heterocycles. The molecule has 3 heterocycles. The zero-order chi connectivity index (χ0) is 23.5. The van der Waals surface area contributed by atoms with Gasteiger partial charge in [0.25, 0.3) is 0 Å². The van der Waals surface area contributed by atoms with Crippen molar-refractivity contribution in [1.29, 1.82) is 0 Å². The number of hydrogen-bond acceptors (Lipinski definition) is 9. The molecule has 33 heavy (non-hydrogen) atoms. The fourth-order valence-electron chi connectivity index (χ4n) is 3.81. The van der Waals surface area contributed by atoms with E-state index in [1.807, 2.05) is 4.90 Å². The number of nitrogens with one attached hydrogen (secondary N) is 1. The van der Waals surface area contributed by atoms with Crippen molar-refractivity contribution in [2.24, 2.45) is 0 Å². The highest BCUT2D eigenvalue weighted by molar-refractivity contribution is 7.14. The highest BCUT2D eigenvalue weighted by Crippen LogP contribution is 2.29. The van der Waals surface area contributed by atoms with Gasteiger partial charge in [0.15, 0.2) is 0 Å². The Balaban J connectivity index is 1.33. The van der Waals surface area contributed by atoms with E-state index in [2.05, 4.69) is 15.2 Å². The number of piperazine rings is 1. The number of benzene rings is 1. The molecule has 4 rings (SSSR count). The molecule has 0 aliphatic carbocycles. The molecule has 2 amide bonds. The van der Waals surface area contributed by atoms with Crippen molar-refractivity contribution >= 4 is 39.7 Å². The Kier molecular flexibility index (Phi) is 6.70. The van der Waals surface area contributed by atoms with Crippen molar-refractivity contribution in [2.75, 3.05) is 49.1 Å². The first-order valence-corrected chi connectivity index (χ1v) is 11.2. The second-order valence-electron chi connectivity index (χ2n) is 7.80. The van der Waals surface area contributed by atoms with Crippen LogP contribution in [0.3, 0.4) is 0 Å². The van der Waals surface area contributed by atoms with Gasteiger partial charge < -0.3 is 15.0 Å². The van der Waals surface area contributed by atoms with Gasteiger partial charge in [-0.25, -0.2) is 14.2 Å². The van der Waals surface area contributed by atoms with Crippen LogP contribution >= 0.6 is 11.3 Å². The lowest BCUT2D eigenvalue weighted by Gasteiger charge is -2.36. The molecular weight excluding hydrogens is 455 g/mol. The van der Waals surface area contributed by atoms with Crippen LogP contribution in [0.4, 0.5) is 25.6 Å². The minimum absolute atomic E-state index is 0.0223. The summed E-state index contributed by atoms with van der Waals surface area (Å²) in [5.41, 5.74) is 0.848. The van der Waals surface area contributed by atoms with Gasteiger partial charge in [0.1, 0.15) is 23.1 Å². The second-order valence-corrected chi connectivity index (χ2v) is 8.90. The summed E-state index contributed by atoms with van der Waals surface area (Å²) in [6, 6.07) is 4.65. The van der Waals surface area contributed by atoms with Gasteiger partial charge in [-0.2, -0.15) is 0 Å². The number of carbonyl (C=O) groups excluding carboxylic acids is 2. The number of nitro groups is 1. The van der Waals surface area contributed by atoms with Crippen LogP contribution < -0.4 is 15.1 Å². The predicted octanol–water partition coefficient (Wildman–Crippen LogP) is 1.97. The number of hydrogen-bond donors (Lipinski definition) is 1. The molecule has 0 radical (unpaired) electrons. The highest BCUT2D eigenvalue weighted by Gasteiger charge is 2.33. The number of nitrogens with zero attached hydrogens (tertiary/aromatic N) is 5. The predicted molar refractivity (Wildman–Crippen MR) is 119 cm³/mol. The van der Waals surface area contributed by atoms with Crippen LogP contribution in [-0.2, 0) is 16.1 Å². The van der Waals surface area contributed by atoms with Crippen LogP contribution in [-0.4, -0.2) is 72.2 Å². The van der Waals surface area contributed by atoms with Crippen molar-refractivity contribution in [3.05, 3.63) is 45.3 Å². The number of thiazole rings is 1. The van der Waals surface area contributed by atoms with Gasteiger partial charge in [0.2, 0.25) is 5.91 Å². The molecular formula is C20H23FN6O5S. The van der Waals surface area contributed by atoms with Crippen LogP contribution in [0.1, 0.15) is 11.9 Å². The average Bonchev–Trinajstić information content (AvgIpc) is 3.39. The Morgan fingerprint density at radius 3 is 2.76 bits per heavy atom. The molecule has 1 aromatic carbocycles. The molecule has 11 nitrogen and oxygen atoms in total. The lowest BCUT2D eigenvalue weighted by atomic mass is 10.2. The largest absolute Gasteiger partial charge is 0.442 e. The molecule has 13 heteroatoms. The molecule has 2 fully saturated rings. The van der Waals surface area contributed by atoms with Gasteiger partial charge in [-0.05, 0) is 29.5 Å². The summed E-state index contributed by atoms with van der Waals surface area (Å²) in [6.07, 6.45) is 0.204. The smallest absolute Gasteiger partial charge is 0.414 e. The van der Waals surface area contributed by atoms with Gasteiger partial charge >= 0.3 is 11.1 Å². The summed E-state index contributed by atoms with van der Waals surface area (Å²) in [4.78, 5) is 43.1. The van der Waals surface area contributed by atoms with Gasteiger partial charge in [0.05, 0.1) is 35.9 Å². The SMILES string of the molecule is CC(=O)NC[C@H]1CN(c2ccc(N3CCN(Cc4ncc([N+](=O)[O-])s4)CC3)c(F)c2)C(=O)O1. The average molecular weight is 479 g/mol. The Labute approximate surface area is 192 Å². The van der Waals surface area contributed by atoms with E-state index in [-0.39, 0.29) is 24.0 Å². The molecule has 1 atom stereocenters. The minimum Gasteiger partial charge on any atom is -0.442 e. The lowest BCUT2D eigenvalue weighted by Crippen LogP contribution is -2.46. The number of anilines is 2. The van der Waals surface area contributed by atoms with Crippen molar-refractivity contribution in [1.82, 2.24) is 15.2 Å². The first-order chi connectivity index (χ1) is 15.8.